The van der Waals surface area contributed by atoms with Gasteiger partial charge in [-0.2, -0.15) is 0 Å². The summed E-state index contributed by atoms with van der Waals surface area (Å²) in [7, 11) is 1.65. The zero-order valence-corrected chi connectivity index (χ0v) is 21.7. The van der Waals surface area contributed by atoms with Crippen LogP contribution in [0.1, 0.15) is 32.8 Å². The minimum Gasteiger partial charge on any atom is -0.497 e. The molecule has 3 aromatic rings. The third kappa shape index (κ3) is 5.13. The van der Waals surface area contributed by atoms with Crippen molar-refractivity contribution in [2.75, 3.05) is 24.5 Å². The maximum Gasteiger partial charge on any atom is 0.149 e. The van der Waals surface area contributed by atoms with Crippen molar-refractivity contribution in [2.24, 2.45) is 0 Å². The lowest BCUT2D eigenvalue weighted by Gasteiger charge is -2.37. The Bertz CT molecular complexity index is 1190. The Kier molecular flexibility index (Phi) is 8.27. The van der Waals surface area contributed by atoms with E-state index in [1.807, 2.05) is 40.7 Å². The molecule has 1 aliphatic rings. The predicted molar refractivity (Wildman–Crippen MR) is 142 cm³/mol. The fraction of sp³-hybridized carbons (Fsp3) is 0.320. The Labute approximate surface area is 210 Å². The van der Waals surface area contributed by atoms with E-state index in [-0.39, 0.29) is 18.2 Å². The monoisotopic (exact) mass is 505 g/mol. The SMILES string of the molecule is CCCN(c1ccc2c(ccn2CC(C)=O)c1)N1CSC(C)=C1c1ccc(OC)cc1Cl.Cl. The number of Topliss-reactive ketones (excluding diaryl/α,β-unsaturated/α-hetero) is 1. The van der Waals surface area contributed by atoms with Crippen LogP contribution in [0.15, 0.2) is 53.6 Å². The zero-order chi connectivity index (χ0) is 22.8. The van der Waals surface area contributed by atoms with E-state index >= 15 is 0 Å². The van der Waals surface area contributed by atoms with Crippen molar-refractivity contribution in [1.29, 1.82) is 0 Å². The second-order valence-corrected chi connectivity index (χ2v) is 9.50. The van der Waals surface area contributed by atoms with Crippen molar-refractivity contribution in [3.05, 3.63) is 64.2 Å². The quantitative estimate of drug-likeness (QED) is 0.334. The van der Waals surface area contributed by atoms with Crippen molar-refractivity contribution >= 4 is 63.8 Å². The van der Waals surface area contributed by atoms with Crippen molar-refractivity contribution in [1.82, 2.24) is 9.58 Å². The molecule has 0 N–H and O–H groups in total. The lowest BCUT2D eigenvalue weighted by molar-refractivity contribution is -0.117. The van der Waals surface area contributed by atoms with Gasteiger partial charge in [0.05, 0.1) is 35.9 Å². The summed E-state index contributed by atoms with van der Waals surface area (Å²) < 4.78 is 7.34. The predicted octanol–water partition coefficient (Wildman–Crippen LogP) is 6.84. The first kappa shape index (κ1) is 25.3. The van der Waals surface area contributed by atoms with E-state index in [9.17, 15) is 4.79 Å². The van der Waals surface area contributed by atoms with Gasteiger partial charge >= 0.3 is 0 Å². The number of aromatic nitrogens is 1. The summed E-state index contributed by atoms with van der Waals surface area (Å²) in [5, 5.41) is 6.47. The average molecular weight is 506 g/mol. The zero-order valence-electron chi connectivity index (χ0n) is 19.3. The Morgan fingerprint density at radius 2 is 2.00 bits per heavy atom. The molecule has 1 aliphatic heterocycles. The number of nitrogens with zero attached hydrogens (tertiary/aromatic N) is 3. The topological polar surface area (TPSA) is 37.7 Å². The van der Waals surface area contributed by atoms with Gasteiger partial charge < -0.3 is 9.30 Å². The lowest BCUT2D eigenvalue weighted by Crippen LogP contribution is -2.40. The van der Waals surface area contributed by atoms with Crippen LogP contribution in [0, 0.1) is 0 Å². The third-order valence-electron chi connectivity index (χ3n) is 5.60. The minimum atomic E-state index is 0. The van der Waals surface area contributed by atoms with E-state index in [1.54, 1.807) is 14.0 Å². The molecule has 0 saturated carbocycles. The minimum absolute atomic E-state index is 0. The normalized spacial score (nSPS) is 13.4. The third-order valence-corrected chi connectivity index (χ3v) is 6.91. The molecule has 0 atom stereocenters. The summed E-state index contributed by atoms with van der Waals surface area (Å²) in [6.45, 7) is 7.23. The van der Waals surface area contributed by atoms with Gasteiger partial charge in [0.25, 0.3) is 0 Å². The molecule has 0 bridgehead atoms. The molecule has 8 heteroatoms. The fourth-order valence-corrected chi connectivity index (χ4v) is 5.33. The Morgan fingerprint density at radius 3 is 2.67 bits per heavy atom. The summed E-state index contributed by atoms with van der Waals surface area (Å²) in [5.74, 6) is 1.72. The van der Waals surface area contributed by atoms with Crippen LogP contribution >= 0.6 is 35.8 Å². The molecule has 176 valence electrons. The van der Waals surface area contributed by atoms with Gasteiger partial charge in [0.2, 0.25) is 0 Å². The highest BCUT2D eigenvalue weighted by molar-refractivity contribution is 8.03. The molecule has 0 saturated heterocycles. The Balaban J connectivity index is 0.00000306. The summed E-state index contributed by atoms with van der Waals surface area (Å²) in [6, 6.07) is 14.4. The number of benzene rings is 2. The number of hydrazine groups is 1. The van der Waals surface area contributed by atoms with Gasteiger partial charge in [-0.15, -0.1) is 24.2 Å². The number of halogens is 2. The van der Waals surface area contributed by atoms with Crippen LogP contribution in [0.25, 0.3) is 16.6 Å². The van der Waals surface area contributed by atoms with E-state index in [4.69, 9.17) is 16.3 Å². The molecule has 5 nitrogen and oxygen atoms in total. The van der Waals surface area contributed by atoms with E-state index in [1.165, 1.54) is 4.91 Å². The van der Waals surface area contributed by atoms with Gasteiger partial charge in [0.1, 0.15) is 11.5 Å². The molecule has 0 amide bonds. The highest BCUT2D eigenvalue weighted by Crippen LogP contribution is 2.43. The van der Waals surface area contributed by atoms with Crippen LogP contribution in [0.4, 0.5) is 5.69 Å². The summed E-state index contributed by atoms with van der Waals surface area (Å²) in [6.07, 6.45) is 2.99. The Hall–Kier alpha value is -2.28. The van der Waals surface area contributed by atoms with Crippen molar-refractivity contribution < 1.29 is 9.53 Å². The molecule has 2 heterocycles. The molecule has 1 aromatic heterocycles. The van der Waals surface area contributed by atoms with Crippen molar-refractivity contribution in [2.45, 2.75) is 33.7 Å². The molecular weight excluding hydrogens is 477 g/mol. The van der Waals surface area contributed by atoms with Crippen LogP contribution in [0.3, 0.4) is 0 Å². The van der Waals surface area contributed by atoms with Gasteiger partial charge in [-0.05, 0) is 62.7 Å². The molecular formula is C25H29Cl2N3O2S. The van der Waals surface area contributed by atoms with Crippen molar-refractivity contribution in [3.8, 4) is 5.75 Å². The van der Waals surface area contributed by atoms with Gasteiger partial charge in [0.15, 0.2) is 0 Å². The van der Waals surface area contributed by atoms with E-state index in [0.717, 1.165) is 52.4 Å². The van der Waals surface area contributed by atoms with Gasteiger partial charge in [-0.25, -0.2) is 0 Å². The second-order valence-electron chi connectivity index (χ2n) is 7.94. The summed E-state index contributed by atoms with van der Waals surface area (Å²) in [4.78, 5) is 12.8. The smallest absolute Gasteiger partial charge is 0.149 e. The highest BCUT2D eigenvalue weighted by atomic mass is 35.5. The number of hydrogen-bond acceptors (Lipinski definition) is 5. The molecule has 0 radical (unpaired) electrons. The molecule has 4 rings (SSSR count). The van der Waals surface area contributed by atoms with E-state index in [0.29, 0.717) is 11.6 Å². The molecule has 2 aromatic carbocycles. The Morgan fingerprint density at radius 1 is 1.21 bits per heavy atom. The number of methoxy groups -OCH3 is 1. The maximum absolute atomic E-state index is 11.6. The summed E-state index contributed by atoms with van der Waals surface area (Å²) >= 11 is 8.49. The lowest BCUT2D eigenvalue weighted by atomic mass is 10.1. The fourth-order valence-electron chi connectivity index (χ4n) is 4.13. The van der Waals surface area contributed by atoms with Crippen LogP contribution in [-0.2, 0) is 11.3 Å². The molecule has 0 spiro atoms. The first-order valence-corrected chi connectivity index (χ1v) is 12.1. The largest absolute Gasteiger partial charge is 0.497 e. The number of thioether (sulfide) groups is 1. The summed E-state index contributed by atoms with van der Waals surface area (Å²) in [5.41, 5.74) is 4.33. The average Bonchev–Trinajstić information content (AvgIpc) is 3.34. The molecule has 0 fully saturated rings. The van der Waals surface area contributed by atoms with Gasteiger partial charge in [0, 0.05) is 34.1 Å². The second kappa shape index (κ2) is 10.8. The van der Waals surface area contributed by atoms with Crippen LogP contribution in [-0.4, -0.2) is 34.9 Å². The van der Waals surface area contributed by atoms with E-state index in [2.05, 4.69) is 48.1 Å². The standard InChI is InChI=1S/C25H28ClN3O2S.ClH/c1-5-11-28(20-6-9-24-19(13-20)10-12-27(24)15-17(2)30)29-16-32-18(3)25(29)22-8-7-21(31-4)14-23(22)26;/h6-10,12-14H,5,11,15-16H2,1-4H3;1H. The van der Waals surface area contributed by atoms with Crippen molar-refractivity contribution in [3.63, 3.8) is 0 Å². The number of ketones is 1. The number of ether oxygens (including phenoxy) is 1. The first-order valence-electron chi connectivity index (χ1n) is 10.7. The molecule has 33 heavy (non-hydrogen) atoms. The number of carbonyl (C=O) groups is 1. The van der Waals surface area contributed by atoms with Crippen LogP contribution in [0.5, 0.6) is 5.75 Å². The van der Waals surface area contributed by atoms with Crippen LogP contribution in [0.2, 0.25) is 5.02 Å². The number of rotatable bonds is 8. The number of carbonyl (C=O) groups excluding carboxylic acids is 1. The molecule has 0 unspecified atom stereocenters. The number of allylic oxidation sites excluding steroid dienone is 1. The number of fused-ring (bicyclic) bond motifs is 1. The maximum atomic E-state index is 11.6. The van der Waals surface area contributed by atoms with Crippen LogP contribution < -0.4 is 9.75 Å². The number of anilines is 1. The van der Waals surface area contributed by atoms with E-state index < -0.39 is 0 Å². The first-order chi connectivity index (χ1) is 15.4. The highest BCUT2D eigenvalue weighted by Gasteiger charge is 2.29. The number of hydrogen-bond donors (Lipinski definition) is 0. The van der Waals surface area contributed by atoms with Gasteiger partial charge in [-0.1, -0.05) is 18.5 Å². The molecule has 0 aliphatic carbocycles. The van der Waals surface area contributed by atoms with Gasteiger partial charge in [-0.3, -0.25) is 14.8 Å².